The van der Waals surface area contributed by atoms with Crippen molar-refractivity contribution >= 4 is 6.21 Å². The molecule has 0 atom stereocenters. The predicted octanol–water partition coefficient (Wildman–Crippen LogP) is 4.67. The molecule has 0 rings (SSSR count). The number of hydrogen-bond acceptors (Lipinski definition) is 2. The summed E-state index contributed by atoms with van der Waals surface area (Å²) in [7, 11) is 0. The predicted molar refractivity (Wildman–Crippen MR) is 78.5 cm³/mol. The Hall–Kier alpha value is -0.790. The molecular formula is C15H30N2. The lowest BCUT2D eigenvalue weighted by Gasteiger charge is -2.02. The van der Waals surface area contributed by atoms with Crippen molar-refractivity contribution in [3.63, 3.8) is 0 Å². The van der Waals surface area contributed by atoms with Crippen LogP contribution in [-0.2, 0) is 0 Å². The Kier molecular flexibility index (Phi) is 12.7. The first-order valence-electron chi connectivity index (χ1n) is 7.18. The molecule has 2 nitrogen and oxygen atoms in total. The lowest BCUT2D eigenvalue weighted by Crippen LogP contribution is -2.07. The first-order valence-corrected chi connectivity index (χ1v) is 7.18. The van der Waals surface area contributed by atoms with Gasteiger partial charge < -0.3 is 5.43 Å². The van der Waals surface area contributed by atoms with Crippen molar-refractivity contribution in [1.29, 1.82) is 0 Å². The van der Waals surface area contributed by atoms with Crippen molar-refractivity contribution in [2.45, 2.75) is 71.6 Å². The molecule has 0 bridgehead atoms. The van der Waals surface area contributed by atoms with E-state index in [0.717, 1.165) is 12.1 Å². The highest BCUT2D eigenvalue weighted by atomic mass is 15.3. The van der Waals surface area contributed by atoms with Gasteiger partial charge in [-0.1, -0.05) is 64.9 Å². The number of allylic oxidation sites excluding steroid dienone is 1. The van der Waals surface area contributed by atoms with Gasteiger partial charge in [-0.3, -0.25) is 0 Å². The third-order valence-corrected chi connectivity index (χ3v) is 2.77. The fraction of sp³-hybridized carbons (Fsp3) is 0.800. The molecule has 100 valence electrons. The summed E-state index contributed by atoms with van der Waals surface area (Å²) in [6.07, 6.45) is 14.1. The van der Waals surface area contributed by atoms with Crippen LogP contribution in [0.25, 0.3) is 0 Å². The van der Waals surface area contributed by atoms with Crippen LogP contribution in [0.2, 0.25) is 0 Å². The van der Waals surface area contributed by atoms with Crippen LogP contribution in [0.4, 0.5) is 0 Å². The largest absolute Gasteiger partial charge is 0.310 e. The molecule has 2 heteroatoms. The van der Waals surface area contributed by atoms with E-state index in [1.165, 1.54) is 57.8 Å². The van der Waals surface area contributed by atoms with Crippen LogP contribution in [0, 0.1) is 0 Å². The van der Waals surface area contributed by atoms with Crippen molar-refractivity contribution in [3.05, 3.63) is 12.2 Å². The molecule has 0 aliphatic rings. The van der Waals surface area contributed by atoms with E-state index in [4.69, 9.17) is 0 Å². The first-order chi connectivity index (χ1) is 8.27. The van der Waals surface area contributed by atoms with Crippen LogP contribution in [0.1, 0.15) is 71.6 Å². The highest BCUT2D eigenvalue weighted by Gasteiger charge is 1.91. The number of nitrogens with zero attached hydrogens (tertiary/aromatic N) is 1. The van der Waals surface area contributed by atoms with Crippen molar-refractivity contribution in [1.82, 2.24) is 5.43 Å². The standard InChI is InChI=1S/C15H30N2/c1-4-5-6-7-8-9-10-11-12-13-16-17-14-15(2)3/h14,16H,2,4-13H2,1,3H3. The summed E-state index contributed by atoms with van der Waals surface area (Å²) in [5.74, 6) is 0. The quantitative estimate of drug-likeness (QED) is 0.298. The van der Waals surface area contributed by atoms with E-state index in [9.17, 15) is 0 Å². The van der Waals surface area contributed by atoms with Gasteiger partial charge in [-0.15, -0.1) is 0 Å². The summed E-state index contributed by atoms with van der Waals surface area (Å²) in [4.78, 5) is 0. The van der Waals surface area contributed by atoms with E-state index in [-0.39, 0.29) is 0 Å². The van der Waals surface area contributed by atoms with Crippen molar-refractivity contribution in [3.8, 4) is 0 Å². The third-order valence-electron chi connectivity index (χ3n) is 2.77. The lowest BCUT2D eigenvalue weighted by molar-refractivity contribution is 0.554. The molecule has 0 fully saturated rings. The van der Waals surface area contributed by atoms with E-state index in [2.05, 4.69) is 24.0 Å². The second kappa shape index (κ2) is 13.3. The minimum absolute atomic E-state index is 0.986. The van der Waals surface area contributed by atoms with E-state index in [1.807, 2.05) is 6.92 Å². The van der Waals surface area contributed by atoms with Crippen molar-refractivity contribution in [2.24, 2.45) is 5.10 Å². The molecule has 1 N–H and O–H groups in total. The molecule has 0 radical (unpaired) electrons. The molecule has 0 unspecified atom stereocenters. The van der Waals surface area contributed by atoms with Gasteiger partial charge in [-0.05, 0) is 18.9 Å². The first kappa shape index (κ1) is 16.2. The zero-order valence-electron chi connectivity index (χ0n) is 11.8. The average molecular weight is 238 g/mol. The molecular weight excluding hydrogens is 208 g/mol. The molecule has 0 aromatic heterocycles. The molecule has 17 heavy (non-hydrogen) atoms. The monoisotopic (exact) mass is 238 g/mol. The van der Waals surface area contributed by atoms with Crippen LogP contribution < -0.4 is 5.43 Å². The number of hydrogen-bond donors (Lipinski definition) is 1. The zero-order chi connectivity index (χ0) is 12.8. The molecule has 0 heterocycles. The van der Waals surface area contributed by atoms with Gasteiger partial charge in [0.25, 0.3) is 0 Å². The Morgan fingerprint density at radius 2 is 1.53 bits per heavy atom. The van der Waals surface area contributed by atoms with Gasteiger partial charge in [0.15, 0.2) is 0 Å². The number of hydrazone groups is 1. The summed E-state index contributed by atoms with van der Waals surface area (Å²) in [5.41, 5.74) is 4.03. The third kappa shape index (κ3) is 15.2. The van der Waals surface area contributed by atoms with Gasteiger partial charge >= 0.3 is 0 Å². The van der Waals surface area contributed by atoms with Gasteiger partial charge in [-0.25, -0.2) is 0 Å². The molecule has 0 aromatic rings. The molecule has 0 saturated carbocycles. The summed E-state index contributed by atoms with van der Waals surface area (Å²) in [6.45, 7) is 8.96. The molecule has 0 spiro atoms. The van der Waals surface area contributed by atoms with Gasteiger partial charge in [0.2, 0.25) is 0 Å². The van der Waals surface area contributed by atoms with Crippen LogP contribution in [0.15, 0.2) is 17.3 Å². The molecule has 0 aliphatic carbocycles. The lowest BCUT2D eigenvalue weighted by atomic mass is 10.1. The Balaban J connectivity index is 3.01. The minimum atomic E-state index is 0.986. The normalized spacial score (nSPS) is 10.9. The van der Waals surface area contributed by atoms with E-state index >= 15 is 0 Å². The second-order valence-electron chi connectivity index (χ2n) is 4.84. The molecule has 0 saturated heterocycles. The smallest absolute Gasteiger partial charge is 0.0491 e. The summed E-state index contributed by atoms with van der Waals surface area (Å²) < 4.78 is 0. The van der Waals surface area contributed by atoms with Crippen LogP contribution in [0.3, 0.4) is 0 Å². The Morgan fingerprint density at radius 1 is 1.00 bits per heavy atom. The van der Waals surface area contributed by atoms with Gasteiger partial charge in [0.1, 0.15) is 0 Å². The zero-order valence-corrected chi connectivity index (χ0v) is 11.8. The molecule has 0 amide bonds. The van der Waals surface area contributed by atoms with Gasteiger partial charge in [-0.2, -0.15) is 5.10 Å². The van der Waals surface area contributed by atoms with E-state index in [0.29, 0.717) is 0 Å². The van der Waals surface area contributed by atoms with Crippen LogP contribution in [-0.4, -0.2) is 12.8 Å². The average Bonchev–Trinajstić information content (AvgIpc) is 2.30. The number of nitrogens with one attached hydrogen (secondary N) is 1. The topological polar surface area (TPSA) is 24.4 Å². The summed E-state index contributed by atoms with van der Waals surface area (Å²) in [5, 5.41) is 4.06. The summed E-state index contributed by atoms with van der Waals surface area (Å²) in [6, 6.07) is 0. The number of unbranched alkanes of at least 4 members (excludes halogenated alkanes) is 8. The van der Waals surface area contributed by atoms with Crippen molar-refractivity contribution in [2.75, 3.05) is 6.54 Å². The van der Waals surface area contributed by atoms with Crippen molar-refractivity contribution < 1.29 is 0 Å². The fourth-order valence-electron chi connectivity index (χ4n) is 1.74. The molecule has 0 aliphatic heterocycles. The highest BCUT2D eigenvalue weighted by Crippen LogP contribution is 2.09. The molecule has 0 aromatic carbocycles. The SMILES string of the molecule is C=C(C)C=NNCCCCCCCCCCC. The second-order valence-corrected chi connectivity index (χ2v) is 4.84. The maximum atomic E-state index is 4.06. The van der Waals surface area contributed by atoms with E-state index < -0.39 is 0 Å². The van der Waals surface area contributed by atoms with Gasteiger partial charge in [0.05, 0.1) is 0 Å². The summed E-state index contributed by atoms with van der Waals surface area (Å²) >= 11 is 0. The van der Waals surface area contributed by atoms with E-state index in [1.54, 1.807) is 6.21 Å². The number of rotatable bonds is 12. The Morgan fingerprint density at radius 3 is 2.06 bits per heavy atom. The fourth-order valence-corrected chi connectivity index (χ4v) is 1.74. The maximum absolute atomic E-state index is 4.06. The maximum Gasteiger partial charge on any atom is 0.0491 e. The van der Waals surface area contributed by atoms with Crippen LogP contribution >= 0.6 is 0 Å². The van der Waals surface area contributed by atoms with Crippen LogP contribution in [0.5, 0.6) is 0 Å². The minimum Gasteiger partial charge on any atom is -0.310 e. The highest BCUT2D eigenvalue weighted by molar-refractivity contribution is 5.76. The Bertz CT molecular complexity index is 197. The Labute approximate surface area is 108 Å². The van der Waals surface area contributed by atoms with Gasteiger partial charge in [0, 0.05) is 12.8 Å².